The van der Waals surface area contributed by atoms with E-state index >= 15 is 0 Å². The first-order chi connectivity index (χ1) is 15.9. The normalized spacial score (nSPS) is 11.1. The predicted molar refractivity (Wildman–Crippen MR) is 124 cm³/mol. The van der Waals surface area contributed by atoms with Crippen LogP contribution in [0, 0.1) is 0 Å². The van der Waals surface area contributed by atoms with Crippen LogP contribution >= 0.6 is 11.6 Å². The fourth-order valence-electron chi connectivity index (χ4n) is 3.54. The lowest BCUT2D eigenvalue weighted by Gasteiger charge is -2.12. The van der Waals surface area contributed by atoms with Crippen LogP contribution in [-0.2, 0) is 17.8 Å². The summed E-state index contributed by atoms with van der Waals surface area (Å²) in [5.74, 6) is 0.315. The van der Waals surface area contributed by atoms with Crippen molar-refractivity contribution >= 4 is 28.5 Å². The molecule has 0 bridgehead atoms. The van der Waals surface area contributed by atoms with Gasteiger partial charge in [0, 0.05) is 17.7 Å². The minimum Gasteiger partial charge on any atom is -0.497 e. The molecule has 2 aromatic heterocycles. The number of carbonyl (C=O) groups excluding carboxylic acids is 1. The third-order valence-corrected chi connectivity index (χ3v) is 5.46. The van der Waals surface area contributed by atoms with Gasteiger partial charge in [-0.1, -0.05) is 23.7 Å². The van der Waals surface area contributed by atoms with Crippen LogP contribution < -0.4 is 16.0 Å². The molecule has 0 saturated heterocycles. The van der Waals surface area contributed by atoms with Crippen LogP contribution in [0.4, 0.5) is 0 Å². The van der Waals surface area contributed by atoms with E-state index in [1.807, 2.05) is 0 Å². The smallest absolute Gasteiger partial charge is 0.337 e. The molecule has 170 valence electrons. The Morgan fingerprint density at radius 3 is 2.55 bits per heavy atom. The van der Waals surface area contributed by atoms with E-state index in [1.54, 1.807) is 48.5 Å². The zero-order valence-electron chi connectivity index (χ0n) is 18.0. The SMILES string of the molecule is COCCn1c(=O)c2c(ncn2CC(=O)c2cccc(OC)c2)n(-c2ccc(Cl)cc2)c1=O. The van der Waals surface area contributed by atoms with Gasteiger partial charge < -0.3 is 14.0 Å². The van der Waals surface area contributed by atoms with E-state index < -0.39 is 11.2 Å². The maximum Gasteiger partial charge on any atom is 0.337 e. The van der Waals surface area contributed by atoms with E-state index in [0.717, 1.165) is 4.57 Å². The van der Waals surface area contributed by atoms with Crippen LogP contribution in [0.25, 0.3) is 16.9 Å². The molecule has 0 atom stereocenters. The molecule has 2 aromatic carbocycles. The standard InChI is InChI=1S/C23H21ClN4O5/c1-32-11-10-27-22(30)20-21(28(23(27)31)17-8-6-16(24)7-9-17)25-14-26(20)13-19(29)15-4-3-5-18(12-15)33-2/h3-9,12,14H,10-11,13H2,1-2H3. The first-order valence-corrected chi connectivity index (χ1v) is 10.4. The fraction of sp³-hybridized carbons (Fsp3) is 0.217. The van der Waals surface area contributed by atoms with Gasteiger partial charge in [-0.25, -0.2) is 14.3 Å². The molecular formula is C23H21ClN4O5. The van der Waals surface area contributed by atoms with E-state index in [2.05, 4.69) is 4.98 Å². The Morgan fingerprint density at radius 1 is 1.09 bits per heavy atom. The summed E-state index contributed by atoms with van der Waals surface area (Å²) in [5.41, 5.74) is 0.104. The van der Waals surface area contributed by atoms with Crippen LogP contribution in [0.1, 0.15) is 10.4 Å². The van der Waals surface area contributed by atoms with E-state index in [0.29, 0.717) is 22.0 Å². The monoisotopic (exact) mass is 468 g/mol. The highest BCUT2D eigenvalue weighted by Crippen LogP contribution is 2.18. The number of benzene rings is 2. The van der Waals surface area contributed by atoms with Crippen LogP contribution in [-0.4, -0.2) is 45.3 Å². The number of Topliss-reactive ketones (excluding diaryl/α,β-unsaturated/α-hetero) is 1. The number of carbonyl (C=O) groups is 1. The average molecular weight is 469 g/mol. The maximum absolute atomic E-state index is 13.3. The van der Waals surface area contributed by atoms with Gasteiger partial charge in [0.1, 0.15) is 5.75 Å². The van der Waals surface area contributed by atoms with Crippen LogP contribution in [0.3, 0.4) is 0 Å². The number of hydrogen-bond acceptors (Lipinski definition) is 6. The highest BCUT2D eigenvalue weighted by molar-refractivity contribution is 6.30. The first kappa shape index (κ1) is 22.5. The summed E-state index contributed by atoms with van der Waals surface area (Å²) in [7, 11) is 3.00. The molecule has 0 radical (unpaired) electrons. The Kier molecular flexibility index (Phi) is 6.43. The third-order valence-electron chi connectivity index (χ3n) is 5.21. The number of aromatic nitrogens is 4. The number of fused-ring (bicyclic) bond motifs is 1. The summed E-state index contributed by atoms with van der Waals surface area (Å²) in [4.78, 5) is 43.7. The Balaban J connectivity index is 1.88. The number of nitrogens with zero attached hydrogens (tertiary/aromatic N) is 4. The average Bonchev–Trinajstić information content (AvgIpc) is 3.23. The summed E-state index contributed by atoms with van der Waals surface area (Å²) in [6.07, 6.45) is 1.39. The van der Waals surface area contributed by atoms with Gasteiger partial charge in [0.2, 0.25) is 0 Å². The summed E-state index contributed by atoms with van der Waals surface area (Å²) in [6.45, 7) is 0.0763. The zero-order chi connectivity index (χ0) is 23.5. The summed E-state index contributed by atoms with van der Waals surface area (Å²) < 4.78 is 14.1. The molecule has 0 aliphatic rings. The minimum atomic E-state index is -0.559. The van der Waals surface area contributed by atoms with Crippen molar-refractivity contribution in [2.75, 3.05) is 20.8 Å². The van der Waals surface area contributed by atoms with E-state index in [4.69, 9.17) is 21.1 Å². The van der Waals surface area contributed by atoms with Crippen LogP contribution in [0.15, 0.2) is 64.4 Å². The molecule has 4 aromatic rings. The first-order valence-electron chi connectivity index (χ1n) is 10.1. The molecule has 0 aliphatic carbocycles. The highest BCUT2D eigenvalue weighted by Gasteiger charge is 2.20. The predicted octanol–water partition coefficient (Wildman–Crippen LogP) is 2.54. The Bertz CT molecular complexity index is 1440. The highest BCUT2D eigenvalue weighted by atomic mass is 35.5. The lowest BCUT2D eigenvalue weighted by molar-refractivity contribution is 0.0973. The zero-order valence-corrected chi connectivity index (χ0v) is 18.8. The quantitative estimate of drug-likeness (QED) is 0.369. The largest absolute Gasteiger partial charge is 0.497 e. The number of ether oxygens (including phenoxy) is 2. The minimum absolute atomic E-state index is 0.0483. The van der Waals surface area contributed by atoms with E-state index in [-0.39, 0.29) is 36.6 Å². The Hall–Kier alpha value is -3.69. The molecule has 33 heavy (non-hydrogen) atoms. The van der Waals surface area contributed by atoms with E-state index in [1.165, 1.54) is 29.7 Å². The van der Waals surface area contributed by atoms with Crippen molar-refractivity contribution in [3.8, 4) is 11.4 Å². The second kappa shape index (κ2) is 9.43. The fourth-order valence-corrected chi connectivity index (χ4v) is 3.67. The Morgan fingerprint density at radius 2 is 1.85 bits per heavy atom. The molecule has 2 heterocycles. The van der Waals surface area contributed by atoms with Crippen LogP contribution in [0.5, 0.6) is 5.75 Å². The second-order valence-corrected chi connectivity index (χ2v) is 7.68. The van der Waals surface area contributed by atoms with Crippen molar-refractivity contribution in [3.05, 3.63) is 86.3 Å². The van der Waals surface area contributed by atoms with Crippen molar-refractivity contribution in [2.45, 2.75) is 13.1 Å². The Labute approximate surface area is 193 Å². The van der Waals surface area contributed by atoms with Gasteiger partial charge >= 0.3 is 5.69 Å². The van der Waals surface area contributed by atoms with Gasteiger partial charge in [0.25, 0.3) is 5.56 Å². The second-order valence-electron chi connectivity index (χ2n) is 7.24. The van der Waals surface area contributed by atoms with Crippen molar-refractivity contribution in [2.24, 2.45) is 0 Å². The molecule has 0 aliphatic heterocycles. The molecule has 0 fully saturated rings. The maximum atomic E-state index is 13.3. The topological polar surface area (TPSA) is 97.3 Å². The van der Waals surface area contributed by atoms with Gasteiger partial charge in [-0.15, -0.1) is 0 Å². The number of halogens is 1. The van der Waals surface area contributed by atoms with Gasteiger partial charge in [0.15, 0.2) is 16.9 Å². The van der Waals surface area contributed by atoms with Crippen molar-refractivity contribution in [1.29, 1.82) is 0 Å². The van der Waals surface area contributed by atoms with E-state index in [9.17, 15) is 14.4 Å². The third kappa shape index (κ3) is 4.33. The number of imidazole rings is 1. The molecule has 0 amide bonds. The summed E-state index contributed by atoms with van der Waals surface area (Å²) in [6, 6.07) is 13.4. The molecule has 0 saturated carbocycles. The lowest BCUT2D eigenvalue weighted by Crippen LogP contribution is -2.41. The molecule has 0 spiro atoms. The van der Waals surface area contributed by atoms with Crippen molar-refractivity contribution in [1.82, 2.24) is 18.7 Å². The van der Waals surface area contributed by atoms with Crippen LogP contribution in [0.2, 0.25) is 5.02 Å². The molecule has 0 N–H and O–H groups in total. The molecule has 4 rings (SSSR count). The van der Waals surface area contributed by atoms with Gasteiger partial charge in [-0.05, 0) is 36.4 Å². The number of hydrogen-bond donors (Lipinski definition) is 0. The molecule has 10 heteroatoms. The summed E-state index contributed by atoms with van der Waals surface area (Å²) in [5, 5.41) is 0.505. The van der Waals surface area contributed by atoms with Gasteiger partial charge in [-0.3, -0.25) is 14.2 Å². The molecule has 9 nitrogen and oxygen atoms in total. The van der Waals surface area contributed by atoms with Gasteiger partial charge in [-0.2, -0.15) is 0 Å². The number of methoxy groups -OCH3 is 2. The van der Waals surface area contributed by atoms with Crippen molar-refractivity contribution in [3.63, 3.8) is 0 Å². The van der Waals surface area contributed by atoms with Crippen molar-refractivity contribution < 1.29 is 14.3 Å². The molecular weight excluding hydrogens is 448 g/mol. The lowest BCUT2D eigenvalue weighted by atomic mass is 10.1. The molecule has 0 unspecified atom stereocenters. The summed E-state index contributed by atoms with van der Waals surface area (Å²) >= 11 is 6.00. The van der Waals surface area contributed by atoms with Gasteiger partial charge in [0.05, 0.1) is 38.8 Å². The number of ketones is 1. The number of rotatable bonds is 8.